The molecule has 1 aliphatic rings. The van der Waals surface area contributed by atoms with E-state index in [1.165, 1.54) is 24.3 Å². The quantitative estimate of drug-likeness (QED) is 0.140. The highest BCUT2D eigenvalue weighted by Crippen LogP contribution is 2.52. The Bertz CT molecular complexity index is 2020. The number of hydrogen-bond acceptors (Lipinski definition) is 12. The van der Waals surface area contributed by atoms with Gasteiger partial charge >= 0.3 is 0 Å². The Kier molecular flexibility index (Phi) is 5.78. The van der Waals surface area contributed by atoms with Crippen molar-refractivity contribution in [3.05, 3.63) is 75.9 Å². The third kappa shape index (κ3) is 4.09. The molecule has 0 aliphatic carbocycles. The number of rotatable bonds is 3. The van der Waals surface area contributed by atoms with Gasteiger partial charge in [-0.15, -0.1) is 0 Å². The van der Waals surface area contributed by atoms with Crippen LogP contribution in [0, 0.1) is 0 Å². The lowest BCUT2D eigenvalue weighted by atomic mass is 9.90. The molecular formula is C30H20O12. The van der Waals surface area contributed by atoms with E-state index in [0.29, 0.717) is 5.56 Å². The first kappa shape index (κ1) is 26.2. The van der Waals surface area contributed by atoms with Crippen molar-refractivity contribution in [3.63, 3.8) is 0 Å². The summed E-state index contributed by atoms with van der Waals surface area (Å²) < 4.78 is 11.5. The number of ketones is 1. The second-order valence-electron chi connectivity index (χ2n) is 9.68. The van der Waals surface area contributed by atoms with Gasteiger partial charge in [0.2, 0.25) is 0 Å². The van der Waals surface area contributed by atoms with Gasteiger partial charge in [-0.05, 0) is 29.8 Å². The molecule has 42 heavy (non-hydrogen) atoms. The molecule has 8 N–H and O–H groups in total. The van der Waals surface area contributed by atoms with E-state index in [1.807, 2.05) is 0 Å². The Morgan fingerprint density at radius 2 is 1.43 bits per heavy atom. The molecule has 1 atom stereocenters. The number of ether oxygens (including phenoxy) is 1. The van der Waals surface area contributed by atoms with Gasteiger partial charge in [0.05, 0.1) is 12.0 Å². The fraction of sp³-hybridized carbons (Fsp3) is 0.0667. The first-order valence-electron chi connectivity index (χ1n) is 12.3. The zero-order valence-electron chi connectivity index (χ0n) is 21.2. The number of benzene rings is 4. The van der Waals surface area contributed by atoms with Gasteiger partial charge in [-0.25, -0.2) is 0 Å². The highest BCUT2D eigenvalue weighted by molar-refractivity contribution is 6.06. The molecule has 0 amide bonds. The van der Waals surface area contributed by atoms with Gasteiger partial charge < -0.3 is 50.0 Å². The molecule has 1 aromatic heterocycles. The molecule has 12 nitrogen and oxygen atoms in total. The van der Waals surface area contributed by atoms with Crippen molar-refractivity contribution in [1.29, 1.82) is 0 Å². The highest BCUT2D eigenvalue weighted by Gasteiger charge is 2.34. The first-order chi connectivity index (χ1) is 19.9. The summed E-state index contributed by atoms with van der Waals surface area (Å²) in [6, 6.07) is 10.2. The van der Waals surface area contributed by atoms with Crippen molar-refractivity contribution in [1.82, 2.24) is 0 Å². The number of aromatic hydroxyl groups is 8. The maximum atomic E-state index is 13.2. The minimum atomic E-state index is -0.920. The lowest BCUT2D eigenvalue weighted by molar-refractivity contribution is 0.0844. The van der Waals surface area contributed by atoms with Gasteiger partial charge in [0.15, 0.2) is 34.2 Å². The first-order valence-corrected chi connectivity index (χ1v) is 12.3. The summed E-state index contributed by atoms with van der Waals surface area (Å²) in [7, 11) is 0. The predicted molar refractivity (Wildman–Crippen MR) is 145 cm³/mol. The zero-order chi connectivity index (χ0) is 30.0. The molecule has 12 heteroatoms. The fourth-order valence-electron chi connectivity index (χ4n) is 5.00. The Labute approximate surface area is 234 Å². The van der Waals surface area contributed by atoms with Crippen LogP contribution in [0.25, 0.3) is 33.4 Å². The SMILES string of the molecule is O=C1C[C@@H](c2ccc(O)c(O)c2)Oc2cc(O)c(-c3cc(-c4cc(=O)c5c(O)cc(O)cc5o4)cc(O)c3O)c(O)c21. The molecule has 0 unspecified atom stereocenters. The van der Waals surface area contributed by atoms with E-state index < -0.39 is 57.4 Å². The van der Waals surface area contributed by atoms with Gasteiger partial charge in [0, 0.05) is 35.4 Å². The number of fused-ring (bicyclic) bond motifs is 2. The Balaban J connectivity index is 1.48. The van der Waals surface area contributed by atoms with Gasteiger partial charge in [-0.1, -0.05) is 6.07 Å². The summed E-state index contributed by atoms with van der Waals surface area (Å²) in [5.41, 5.74) is -1.59. The summed E-state index contributed by atoms with van der Waals surface area (Å²) in [4.78, 5) is 25.9. The summed E-state index contributed by atoms with van der Waals surface area (Å²) in [5.74, 6) is -5.56. The molecule has 4 aromatic carbocycles. The van der Waals surface area contributed by atoms with Crippen LogP contribution in [0.1, 0.15) is 28.4 Å². The van der Waals surface area contributed by atoms with E-state index in [-0.39, 0.29) is 57.1 Å². The molecule has 6 rings (SSSR count). The van der Waals surface area contributed by atoms with Crippen LogP contribution in [-0.4, -0.2) is 46.6 Å². The molecule has 5 aromatic rings. The topological polar surface area (TPSA) is 218 Å². The molecule has 2 heterocycles. The lowest BCUT2D eigenvalue weighted by Crippen LogP contribution is -2.20. The lowest BCUT2D eigenvalue weighted by Gasteiger charge is -2.27. The smallest absolute Gasteiger partial charge is 0.197 e. The maximum absolute atomic E-state index is 13.2. The van der Waals surface area contributed by atoms with E-state index in [2.05, 4.69) is 0 Å². The van der Waals surface area contributed by atoms with Crippen LogP contribution in [0.4, 0.5) is 0 Å². The van der Waals surface area contributed by atoms with Crippen LogP contribution in [0.3, 0.4) is 0 Å². The molecule has 0 fully saturated rings. The summed E-state index contributed by atoms with van der Waals surface area (Å²) in [6.07, 6.45) is -1.20. The van der Waals surface area contributed by atoms with Crippen LogP contribution >= 0.6 is 0 Å². The molecule has 0 saturated carbocycles. The standard InChI is InChI=1S/C30H20O12/c31-13-6-17(34)27-19(36)8-23(42-24(27)7-13)12-3-14(29(39)21(38)5-12)26-18(35)10-25-28(30(26)40)20(37)9-22(41-25)11-1-2-15(32)16(33)4-11/h1-8,10,22,31-35,38-40H,9H2/t22-/m0/s1. The van der Waals surface area contributed by atoms with Gasteiger partial charge in [-0.2, -0.15) is 0 Å². The van der Waals surface area contributed by atoms with E-state index >= 15 is 0 Å². The maximum Gasteiger partial charge on any atom is 0.197 e. The van der Waals surface area contributed by atoms with Crippen molar-refractivity contribution < 1.29 is 54.8 Å². The van der Waals surface area contributed by atoms with Gasteiger partial charge in [0.25, 0.3) is 0 Å². The van der Waals surface area contributed by atoms with Crippen molar-refractivity contribution in [2.45, 2.75) is 12.5 Å². The van der Waals surface area contributed by atoms with E-state index in [4.69, 9.17) is 9.15 Å². The summed E-state index contributed by atoms with van der Waals surface area (Å²) in [5, 5.41) is 82.3. The molecule has 0 radical (unpaired) electrons. The average molecular weight is 572 g/mol. The second-order valence-corrected chi connectivity index (χ2v) is 9.68. The highest BCUT2D eigenvalue weighted by atomic mass is 16.5. The third-order valence-electron chi connectivity index (χ3n) is 6.97. The number of phenols is 8. The van der Waals surface area contributed by atoms with Crippen LogP contribution in [-0.2, 0) is 0 Å². The van der Waals surface area contributed by atoms with Gasteiger partial charge in [0.1, 0.15) is 57.1 Å². The summed E-state index contributed by atoms with van der Waals surface area (Å²) >= 11 is 0. The Hall–Kier alpha value is -6.04. The molecule has 0 spiro atoms. The monoisotopic (exact) mass is 572 g/mol. The fourth-order valence-corrected chi connectivity index (χ4v) is 5.00. The van der Waals surface area contributed by atoms with E-state index in [1.54, 1.807) is 0 Å². The third-order valence-corrected chi connectivity index (χ3v) is 6.97. The van der Waals surface area contributed by atoms with Crippen LogP contribution in [0.2, 0.25) is 0 Å². The number of hydrogen-bond donors (Lipinski definition) is 8. The largest absolute Gasteiger partial charge is 0.508 e. The van der Waals surface area contributed by atoms with Crippen molar-refractivity contribution in [3.8, 4) is 74.2 Å². The minimum Gasteiger partial charge on any atom is -0.508 e. The minimum absolute atomic E-state index is 0.00608. The molecule has 0 saturated heterocycles. The van der Waals surface area contributed by atoms with Crippen molar-refractivity contribution >= 4 is 16.8 Å². The number of Topliss-reactive ketones (excluding diaryl/α,β-unsaturated/α-hetero) is 1. The Morgan fingerprint density at radius 1 is 0.667 bits per heavy atom. The Morgan fingerprint density at radius 3 is 2.17 bits per heavy atom. The number of carbonyl (C=O) groups excluding carboxylic acids is 1. The molecule has 1 aliphatic heterocycles. The molecule has 212 valence electrons. The molecule has 0 bridgehead atoms. The predicted octanol–water partition coefficient (Wildman–Crippen LogP) is 4.48. The number of phenolic OH excluding ortho intramolecular Hbond substituents is 8. The van der Waals surface area contributed by atoms with Crippen molar-refractivity contribution in [2.24, 2.45) is 0 Å². The summed E-state index contributed by atoms with van der Waals surface area (Å²) in [6.45, 7) is 0. The molecular weight excluding hydrogens is 552 g/mol. The van der Waals surface area contributed by atoms with Crippen molar-refractivity contribution in [2.75, 3.05) is 0 Å². The van der Waals surface area contributed by atoms with Crippen LogP contribution in [0.5, 0.6) is 51.7 Å². The van der Waals surface area contributed by atoms with Gasteiger partial charge in [-0.3, -0.25) is 9.59 Å². The van der Waals surface area contributed by atoms with E-state index in [9.17, 15) is 50.4 Å². The van der Waals surface area contributed by atoms with Crippen LogP contribution < -0.4 is 10.2 Å². The zero-order valence-corrected chi connectivity index (χ0v) is 21.2. The average Bonchev–Trinajstić information content (AvgIpc) is 2.91. The van der Waals surface area contributed by atoms with E-state index in [0.717, 1.165) is 30.3 Å². The van der Waals surface area contributed by atoms with Crippen LogP contribution in [0.15, 0.2) is 63.8 Å². The normalized spacial score (nSPS) is 14.5. The second kappa shape index (κ2) is 9.27. The number of carbonyl (C=O) groups is 1.